The normalized spacial score (nSPS) is 20.4. The zero-order valence-electron chi connectivity index (χ0n) is 11.5. The monoisotopic (exact) mass is 301 g/mol. The summed E-state index contributed by atoms with van der Waals surface area (Å²) in [4.78, 5) is 13.2. The molecule has 0 fully saturated rings. The molecular formula is C14H17F2NO4. The fourth-order valence-electron chi connectivity index (χ4n) is 2.15. The van der Waals surface area contributed by atoms with Crippen molar-refractivity contribution in [1.29, 1.82) is 0 Å². The van der Waals surface area contributed by atoms with E-state index < -0.39 is 37.7 Å². The third kappa shape index (κ3) is 3.60. The number of alkyl halides is 2. The van der Waals surface area contributed by atoms with Gasteiger partial charge in [-0.2, -0.15) is 0 Å². The van der Waals surface area contributed by atoms with Crippen LogP contribution >= 0.6 is 0 Å². The van der Waals surface area contributed by atoms with Crippen LogP contribution in [-0.4, -0.2) is 54.2 Å². The Bertz CT molecular complexity index is 498. The van der Waals surface area contributed by atoms with Crippen LogP contribution in [0.1, 0.15) is 6.92 Å². The molecule has 0 bridgehead atoms. The first-order chi connectivity index (χ1) is 10.0. The summed E-state index contributed by atoms with van der Waals surface area (Å²) in [5.41, 5.74) is 0. The van der Waals surface area contributed by atoms with Gasteiger partial charge in [0.1, 0.15) is 6.10 Å². The SMILES string of the molecule is CC1Oc2ccccc2OC1C(=O)N(CCO)CC(F)F. The number of amides is 1. The van der Waals surface area contributed by atoms with Gasteiger partial charge in [-0.25, -0.2) is 8.78 Å². The van der Waals surface area contributed by atoms with Crippen LogP contribution in [0.2, 0.25) is 0 Å². The number of para-hydroxylation sites is 2. The van der Waals surface area contributed by atoms with Crippen LogP contribution in [0.25, 0.3) is 0 Å². The van der Waals surface area contributed by atoms with Gasteiger partial charge in [0.2, 0.25) is 6.10 Å². The number of halogens is 2. The number of benzene rings is 1. The van der Waals surface area contributed by atoms with Crippen molar-refractivity contribution in [2.75, 3.05) is 19.7 Å². The number of hydrogen-bond donors (Lipinski definition) is 1. The Morgan fingerprint density at radius 1 is 1.33 bits per heavy atom. The molecule has 0 aliphatic carbocycles. The van der Waals surface area contributed by atoms with Crippen LogP contribution in [0.5, 0.6) is 11.5 Å². The zero-order chi connectivity index (χ0) is 15.4. The van der Waals surface area contributed by atoms with Crippen LogP contribution in [0, 0.1) is 0 Å². The summed E-state index contributed by atoms with van der Waals surface area (Å²) in [7, 11) is 0. The van der Waals surface area contributed by atoms with E-state index >= 15 is 0 Å². The number of aliphatic hydroxyl groups is 1. The van der Waals surface area contributed by atoms with Crippen LogP contribution in [0.3, 0.4) is 0 Å². The number of hydrogen-bond acceptors (Lipinski definition) is 4. The second-order valence-corrected chi connectivity index (χ2v) is 4.71. The first-order valence-corrected chi connectivity index (χ1v) is 6.63. The summed E-state index contributed by atoms with van der Waals surface area (Å²) in [5.74, 6) is 0.290. The highest BCUT2D eigenvalue weighted by atomic mass is 19.3. The molecule has 0 radical (unpaired) electrons. The van der Waals surface area contributed by atoms with Gasteiger partial charge in [0, 0.05) is 6.54 Å². The van der Waals surface area contributed by atoms with Crippen molar-refractivity contribution in [2.45, 2.75) is 25.6 Å². The van der Waals surface area contributed by atoms with Crippen LogP contribution < -0.4 is 9.47 Å². The Labute approximate surface area is 121 Å². The second kappa shape index (κ2) is 6.71. The van der Waals surface area contributed by atoms with Gasteiger partial charge in [-0.05, 0) is 19.1 Å². The molecule has 1 aromatic carbocycles. The molecule has 0 aromatic heterocycles. The number of aliphatic hydroxyl groups excluding tert-OH is 1. The van der Waals surface area contributed by atoms with Gasteiger partial charge < -0.3 is 19.5 Å². The lowest BCUT2D eigenvalue weighted by molar-refractivity contribution is -0.146. The lowest BCUT2D eigenvalue weighted by Crippen LogP contribution is -2.52. The molecule has 21 heavy (non-hydrogen) atoms. The van der Waals surface area contributed by atoms with Crippen molar-refractivity contribution in [3.8, 4) is 11.5 Å². The molecule has 1 heterocycles. The summed E-state index contributed by atoms with van der Waals surface area (Å²) in [6.45, 7) is 0.333. The maximum Gasteiger partial charge on any atom is 0.267 e. The molecule has 1 amide bonds. The first-order valence-electron chi connectivity index (χ1n) is 6.63. The number of carbonyl (C=O) groups excluding carboxylic acids is 1. The van der Waals surface area contributed by atoms with E-state index in [4.69, 9.17) is 14.6 Å². The smallest absolute Gasteiger partial charge is 0.267 e. The van der Waals surface area contributed by atoms with Crippen molar-refractivity contribution >= 4 is 5.91 Å². The van der Waals surface area contributed by atoms with Crippen molar-refractivity contribution in [2.24, 2.45) is 0 Å². The maximum absolute atomic E-state index is 12.5. The minimum absolute atomic E-state index is 0.169. The third-order valence-corrected chi connectivity index (χ3v) is 3.13. The predicted molar refractivity (Wildman–Crippen MR) is 70.6 cm³/mol. The Morgan fingerprint density at radius 2 is 1.95 bits per heavy atom. The molecular weight excluding hydrogens is 284 g/mol. The van der Waals surface area contributed by atoms with E-state index in [0.717, 1.165) is 4.90 Å². The molecule has 1 aliphatic rings. The Balaban J connectivity index is 2.14. The van der Waals surface area contributed by atoms with E-state index in [1.54, 1.807) is 31.2 Å². The minimum atomic E-state index is -2.67. The molecule has 5 nitrogen and oxygen atoms in total. The van der Waals surface area contributed by atoms with Crippen LogP contribution in [0.15, 0.2) is 24.3 Å². The molecule has 2 rings (SSSR count). The Kier molecular flexibility index (Phi) is 4.95. The van der Waals surface area contributed by atoms with E-state index in [9.17, 15) is 13.6 Å². The van der Waals surface area contributed by atoms with E-state index in [1.165, 1.54) is 0 Å². The summed E-state index contributed by atoms with van der Waals surface area (Å²) < 4.78 is 36.2. The number of carbonyl (C=O) groups is 1. The standard InChI is InChI=1S/C14H17F2NO4/c1-9-13(14(19)17(6-7-18)8-12(15)16)21-11-5-3-2-4-10(11)20-9/h2-5,9,12-13,18H,6-8H2,1H3. The van der Waals surface area contributed by atoms with Crippen LogP contribution in [-0.2, 0) is 4.79 Å². The van der Waals surface area contributed by atoms with Gasteiger partial charge in [0.05, 0.1) is 13.2 Å². The Hall–Kier alpha value is -1.89. The molecule has 0 saturated carbocycles. The fraction of sp³-hybridized carbons (Fsp3) is 0.500. The molecule has 2 unspecified atom stereocenters. The summed E-state index contributed by atoms with van der Waals surface area (Å²) >= 11 is 0. The molecule has 1 N–H and O–H groups in total. The van der Waals surface area contributed by atoms with Crippen molar-refractivity contribution in [3.63, 3.8) is 0 Å². The average molecular weight is 301 g/mol. The van der Waals surface area contributed by atoms with Gasteiger partial charge >= 0.3 is 0 Å². The number of ether oxygens (including phenoxy) is 2. The highest BCUT2D eigenvalue weighted by Gasteiger charge is 2.37. The minimum Gasteiger partial charge on any atom is -0.482 e. The van der Waals surface area contributed by atoms with Gasteiger partial charge in [-0.15, -0.1) is 0 Å². The van der Waals surface area contributed by atoms with Gasteiger partial charge in [0.25, 0.3) is 12.3 Å². The van der Waals surface area contributed by atoms with Crippen LogP contribution in [0.4, 0.5) is 8.78 Å². The molecule has 1 aliphatic heterocycles. The molecule has 7 heteroatoms. The Morgan fingerprint density at radius 3 is 2.52 bits per heavy atom. The number of rotatable bonds is 5. The predicted octanol–water partition coefficient (Wildman–Crippen LogP) is 1.30. The largest absolute Gasteiger partial charge is 0.482 e. The molecule has 0 spiro atoms. The number of fused-ring (bicyclic) bond motifs is 1. The summed E-state index contributed by atoms with van der Waals surface area (Å²) in [5, 5.41) is 8.91. The molecule has 2 atom stereocenters. The van der Waals surface area contributed by atoms with Gasteiger partial charge in [-0.1, -0.05) is 12.1 Å². The van der Waals surface area contributed by atoms with E-state index in [0.29, 0.717) is 11.5 Å². The van der Waals surface area contributed by atoms with Gasteiger partial charge in [0.15, 0.2) is 11.5 Å². The highest BCUT2D eigenvalue weighted by Crippen LogP contribution is 2.33. The number of nitrogens with zero attached hydrogens (tertiary/aromatic N) is 1. The lowest BCUT2D eigenvalue weighted by atomic mass is 10.1. The van der Waals surface area contributed by atoms with E-state index in [2.05, 4.69) is 0 Å². The second-order valence-electron chi connectivity index (χ2n) is 4.71. The van der Waals surface area contributed by atoms with E-state index in [1.807, 2.05) is 0 Å². The van der Waals surface area contributed by atoms with E-state index in [-0.39, 0.29) is 6.54 Å². The highest BCUT2D eigenvalue weighted by molar-refractivity contribution is 5.82. The quantitative estimate of drug-likeness (QED) is 0.890. The first kappa shape index (κ1) is 15.5. The van der Waals surface area contributed by atoms with Crippen molar-refractivity contribution < 1.29 is 28.2 Å². The third-order valence-electron chi connectivity index (χ3n) is 3.13. The molecule has 116 valence electrons. The van der Waals surface area contributed by atoms with Crippen molar-refractivity contribution in [3.05, 3.63) is 24.3 Å². The maximum atomic E-state index is 12.5. The van der Waals surface area contributed by atoms with Crippen molar-refractivity contribution in [1.82, 2.24) is 4.90 Å². The van der Waals surface area contributed by atoms with Gasteiger partial charge in [-0.3, -0.25) is 4.79 Å². The summed E-state index contributed by atoms with van der Waals surface area (Å²) in [6.07, 6.45) is -4.29. The lowest BCUT2D eigenvalue weighted by Gasteiger charge is -2.34. The summed E-state index contributed by atoms with van der Waals surface area (Å²) in [6, 6.07) is 6.85. The molecule has 1 aromatic rings. The fourth-order valence-corrected chi connectivity index (χ4v) is 2.15. The average Bonchev–Trinajstić information content (AvgIpc) is 2.45. The molecule has 0 saturated heterocycles. The zero-order valence-corrected chi connectivity index (χ0v) is 11.5. The topological polar surface area (TPSA) is 59.0 Å².